The molecule has 0 spiro atoms. The van der Waals surface area contributed by atoms with E-state index < -0.39 is 0 Å². The first-order chi connectivity index (χ1) is 9.55. The lowest BCUT2D eigenvalue weighted by molar-refractivity contribution is 0.138. The minimum atomic E-state index is 0.0523. The van der Waals surface area contributed by atoms with Crippen LogP contribution in [-0.4, -0.2) is 31.1 Å². The van der Waals surface area contributed by atoms with Crippen molar-refractivity contribution >= 4 is 0 Å². The van der Waals surface area contributed by atoms with Crippen LogP contribution >= 0.6 is 0 Å². The Morgan fingerprint density at radius 2 is 1.95 bits per heavy atom. The SMILES string of the molecule is CC1CCCC(N(C)CC(C)(CN)c2ccccc2)C1. The van der Waals surface area contributed by atoms with Crippen molar-refractivity contribution in [3.05, 3.63) is 35.9 Å². The predicted octanol–water partition coefficient (Wildman–Crippen LogP) is 3.41. The first-order valence-corrected chi connectivity index (χ1v) is 8.01. The summed E-state index contributed by atoms with van der Waals surface area (Å²) in [4.78, 5) is 2.55. The largest absolute Gasteiger partial charge is 0.330 e. The smallest absolute Gasteiger partial charge is 0.0174 e. The minimum Gasteiger partial charge on any atom is -0.330 e. The molecule has 2 nitrogen and oxygen atoms in total. The number of nitrogens with zero attached hydrogens (tertiary/aromatic N) is 1. The van der Waals surface area contributed by atoms with Crippen molar-refractivity contribution < 1.29 is 0 Å². The third-order valence-electron chi connectivity index (χ3n) is 5.05. The monoisotopic (exact) mass is 274 g/mol. The van der Waals surface area contributed by atoms with E-state index in [0.29, 0.717) is 6.54 Å². The molecule has 0 amide bonds. The molecule has 3 atom stereocenters. The molecule has 0 heterocycles. The van der Waals surface area contributed by atoms with Gasteiger partial charge in [-0.15, -0.1) is 0 Å². The molecule has 0 aliphatic heterocycles. The zero-order chi connectivity index (χ0) is 14.6. The summed E-state index contributed by atoms with van der Waals surface area (Å²) in [5, 5.41) is 0. The zero-order valence-corrected chi connectivity index (χ0v) is 13.3. The molecule has 20 heavy (non-hydrogen) atoms. The summed E-state index contributed by atoms with van der Waals surface area (Å²) in [5.41, 5.74) is 7.53. The summed E-state index contributed by atoms with van der Waals surface area (Å²) in [6.07, 6.45) is 5.46. The van der Waals surface area contributed by atoms with E-state index in [2.05, 4.69) is 56.1 Å². The van der Waals surface area contributed by atoms with Gasteiger partial charge in [0.2, 0.25) is 0 Å². The van der Waals surface area contributed by atoms with E-state index in [9.17, 15) is 0 Å². The lowest BCUT2D eigenvalue weighted by Crippen LogP contribution is -2.47. The van der Waals surface area contributed by atoms with Crippen molar-refractivity contribution in [2.75, 3.05) is 20.1 Å². The molecule has 2 heteroatoms. The van der Waals surface area contributed by atoms with Gasteiger partial charge >= 0.3 is 0 Å². The van der Waals surface area contributed by atoms with Gasteiger partial charge in [0.25, 0.3) is 0 Å². The maximum Gasteiger partial charge on any atom is 0.0174 e. The van der Waals surface area contributed by atoms with Crippen LogP contribution in [0.2, 0.25) is 0 Å². The van der Waals surface area contributed by atoms with Gasteiger partial charge in [-0.1, -0.05) is 57.0 Å². The van der Waals surface area contributed by atoms with Gasteiger partial charge in [-0.3, -0.25) is 0 Å². The van der Waals surface area contributed by atoms with Crippen molar-refractivity contribution in [2.24, 2.45) is 11.7 Å². The van der Waals surface area contributed by atoms with Gasteiger partial charge in [0.1, 0.15) is 0 Å². The summed E-state index contributed by atoms with van der Waals surface area (Å²) in [5.74, 6) is 0.872. The van der Waals surface area contributed by atoms with Gasteiger partial charge in [0.15, 0.2) is 0 Å². The summed E-state index contributed by atoms with van der Waals surface area (Å²) >= 11 is 0. The molecule has 3 unspecified atom stereocenters. The van der Waals surface area contributed by atoms with E-state index in [0.717, 1.165) is 18.5 Å². The second-order valence-electron chi connectivity index (χ2n) is 6.97. The van der Waals surface area contributed by atoms with E-state index in [1.165, 1.54) is 31.2 Å². The van der Waals surface area contributed by atoms with Gasteiger partial charge in [-0.2, -0.15) is 0 Å². The zero-order valence-electron chi connectivity index (χ0n) is 13.3. The third kappa shape index (κ3) is 3.62. The van der Waals surface area contributed by atoms with Gasteiger partial charge in [0, 0.05) is 24.5 Å². The van der Waals surface area contributed by atoms with Crippen LogP contribution in [0.15, 0.2) is 30.3 Å². The second kappa shape index (κ2) is 6.73. The van der Waals surface area contributed by atoms with Crippen molar-refractivity contribution in [1.29, 1.82) is 0 Å². The standard InChI is InChI=1S/C18H30N2/c1-15-8-7-11-17(12-15)20(3)14-18(2,13-19)16-9-5-4-6-10-16/h4-6,9-10,15,17H,7-8,11-14,19H2,1-3H3. The molecule has 1 fully saturated rings. The van der Waals surface area contributed by atoms with Crippen molar-refractivity contribution in [2.45, 2.75) is 51.0 Å². The number of benzene rings is 1. The van der Waals surface area contributed by atoms with E-state index in [4.69, 9.17) is 5.73 Å². The Balaban J connectivity index is 2.05. The molecular formula is C18H30N2. The van der Waals surface area contributed by atoms with Crippen LogP contribution in [0.3, 0.4) is 0 Å². The van der Waals surface area contributed by atoms with Crippen LogP contribution in [0.5, 0.6) is 0 Å². The molecule has 1 aliphatic carbocycles. The van der Waals surface area contributed by atoms with Crippen LogP contribution in [-0.2, 0) is 5.41 Å². The minimum absolute atomic E-state index is 0.0523. The highest BCUT2D eigenvalue weighted by atomic mass is 15.1. The Morgan fingerprint density at radius 3 is 2.55 bits per heavy atom. The highest BCUT2D eigenvalue weighted by Crippen LogP contribution is 2.30. The molecule has 1 aromatic rings. The molecule has 1 aromatic carbocycles. The van der Waals surface area contributed by atoms with Crippen molar-refractivity contribution in [3.8, 4) is 0 Å². The lowest BCUT2D eigenvalue weighted by Gasteiger charge is -2.40. The first-order valence-electron chi connectivity index (χ1n) is 8.01. The van der Waals surface area contributed by atoms with Gasteiger partial charge in [0.05, 0.1) is 0 Å². The average molecular weight is 274 g/mol. The van der Waals surface area contributed by atoms with Gasteiger partial charge in [-0.05, 0) is 31.4 Å². The summed E-state index contributed by atoms with van der Waals surface area (Å²) in [6, 6.07) is 11.5. The highest BCUT2D eigenvalue weighted by Gasteiger charge is 2.30. The van der Waals surface area contributed by atoms with E-state index >= 15 is 0 Å². The topological polar surface area (TPSA) is 29.3 Å². The molecule has 112 valence electrons. The molecule has 1 aliphatic rings. The lowest BCUT2D eigenvalue weighted by atomic mass is 9.80. The average Bonchev–Trinajstić information content (AvgIpc) is 2.48. The fourth-order valence-corrected chi connectivity index (χ4v) is 3.60. The van der Waals surface area contributed by atoms with Crippen LogP contribution in [0.4, 0.5) is 0 Å². The third-order valence-corrected chi connectivity index (χ3v) is 5.05. The number of hydrogen-bond donors (Lipinski definition) is 1. The molecular weight excluding hydrogens is 244 g/mol. The quantitative estimate of drug-likeness (QED) is 0.891. The van der Waals surface area contributed by atoms with E-state index in [1.54, 1.807) is 0 Å². The molecule has 0 saturated heterocycles. The number of nitrogens with two attached hydrogens (primary N) is 1. The number of likely N-dealkylation sites (N-methyl/N-ethyl adjacent to an activating group) is 1. The number of hydrogen-bond acceptors (Lipinski definition) is 2. The Morgan fingerprint density at radius 1 is 1.25 bits per heavy atom. The van der Waals surface area contributed by atoms with Crippen LogP contribution in [0.25, 0.3) is 0 Å². The normalized spacial score (nSPS) is 26.4. The Kier molecular flexibility index (Phi) is 5.22. The molecule has 0 aromatic heterocycles. The van der Waals surface area contributed by atoms with E-state index in [1.807, 2.05) is 0 Å². The van der Waals surface area contributed by atoms with Crippen molar-refractivity contribution in [3.63, 3.8) is 0 Å². The summed E-state index contributed by atoms with van der Waals surface area (Å²) < 4.78 is 0. The fraction of sp³-hybridized carbons (Fsp3) is 0.667. The second-order valence-corrected chi connectivity index (χ2v) is 6.97. The Hall–Kier alpha value is -0.860. The predicted molar refractivity (Wildman–Crippen MR) is 86.9 cm³/mol. The molecule has 1 saturated carbocycles. The molecule has 0 radical (unpaired) electrons. The van der Waals surface area contributed by atoms with Crippen LogP contribution in [0, 0.1) is 5.92 Å². The van der Waals surface area contributed by atoms with Crippen LogP contribution in [0.1, 0.15) is 45.1 Å². The Labute approximate surface area is 124 Å². The first kappa shape index (κ1) is 15.5. The van der Waals surface area contributed by atoms with Gasteiger partial charge in [-0.25, -0.2) is 0 Å². The maximum absolute atomic E-state index is 6.12. The fourth-order valence-electron chi connectivity index (χ4n) is 3.60. The number of rotatable bonds is 5. The van der Waals surface area contributed by atoms with E-state index in [-0.39, 0.29) is 5.41 Å². The highest BCUT2D eigenvalue weighted by molar-refractivity contribution is 5.25. The van der Waals surface area contributed by atoms with Crippen LogP contribution < -0.4 is 5.73 Å². The summed E-state index contributed by atoms with van der Waals surface area (Å²) in [6.45, 7) is 6.43. The summed E-state index contributed by atoms with van der Waals surface area (Å²) in [7, 11) is 2.28. The van der Waals surface area contributed by atoms with Gasteiger partial charge < -0.3 is 10.6 Å². The Bertz CT molecular complexity index is 403. The molecule has 2 N–H and O–H groups in total. The molecule has 2 rings (SSSR count). The molecule has 0 bridgehead atoms. The van der Waals surface area contributed by atoms with Crippen molar-refractivity contribution in [1.82, 2.24) is 4.90 Å². The maximum atomic E-state index is 6.12.